The molecule has 17 heavy (non-hydrogen) atoms. The highest BCUT2D eigenvalue weighted by Gasteiger charge is 2.15. The lowest BCUT2D eigenvalue weighted by Gasteiger charge is -2.10. The Morgan fingerprint density at radius 3 is 2.94 bits per heavy atom. The minimum Gasteiger partial charge on any atom is -0.451 e. The lowest BCUT2D eigenvalue weighted by atomic mass is 10.2. The zero-order chi connectivity index (χ0) is 12.4. The van der Waals surface area contributed by atoms with Gasteiger partial charge in [-0.25, -0.2) is 0 Å². The zero-order valence-corrected chi connectivity index (χ0v) is 9.86. The summed E-state index contributed by atoms with van der Waals surface area (Å²) in [6.45, 7) is 2.27. The molecule has 1 aromatic heterocycles. The predicted molar refractivity (Wildman–Crippen MR) is 66.7 cm³/mol. The molecular formula is C14H13NO2. The lowest BCUT2D eigenvalue weighted by molar-refractivity contribution is 0.0784. The van der Waals surface area contributed by atoms with Gasteiger partial charge in [-0.3, -0.25) is 4.79 Å². The SMILES string of the molecule is C#CCN(C)C(=O)c1cc2cc(C)ccc2o1. The number of carbonyl (C=O) groups is 1. The first kappa shape index (κ1) is 11.3. The van der Waals surface area contributed by atoms with E-state index in [1.54, 1.807) is 13.1 Å². The summed E-state index contributed by atoms with van der Waals surface area (Å²) >= 11 is 0. The van der Waals surface area contributed by atoms with E-state index in [0.717, 1.165) is 10.9 Å². The smallest absolute Gasteiger partial charge is 0.290 e. The van der Waals surface area contributed by atoms with E-state index in [0.29, 0.717) is 11.3 Å². The summed E-state index contributed by atoms with van der Waals surface area (Å²) in [5, 5.41) is 0.933. The monoisotopic (exact) mass is 227 g/mol. The van der Waals surface area contributed by atoms with Crippen molar-refractivity contribution < 1.29 is 9.21 Å². The van der Waals surface area contributed by atoms with E-state index < -0.39 is 0 Å². The predicted octanol–water partition coefficient (Wildman–Crippen LogP) is 2.45. The van der Waals surface area contributed by atoms with E-state index in [-0.39, 0.29) is 12.5 Å². The first-order chi connectivity index (χ1) is 8.11. The average Bonchev–Trinajstić information content (AvgIpc) is 2.71. The molecule has 0 radical (unpaired) electrons. The van der Waals surface area contributed by atoms with Crippen LogP contribution in [0.3, 0.4) is 0 Å². The molecule has 86 valence electrons. The van der Waals surface area contributed by atoms with Crippen molar-refractivity contribution in [3.8, 4) is 12.3 Å². The second-order valence-corrected chi connectivity index (χ2v) is 4.02. The summed E-state index contributed by atoms with van der Waals surface area (Å²) in [7, 11) is 1.65. The molecule has 0 saturated heterocycles. The Hall–Kier alpha value is -2.21. The van der Waals surface area contributed by atoms with Gasteiger partial charge < -0.3 is 9.32 Å². The first-order valence-corrected chi connectivity index (χ1v) is 5.31. The number of benzene rings is 1. The van der Waals surface area contributed by atoms with Gasteiger partial charge in [-0.05, 0) is 25.1 Å². The quantitative estimate of drug-likeness (QED) is 0.738. The number of furan rings is 1. The van der Waals surface area contributed by atoms with E-state index >= 15 is 0 Å². The van der Waals surface area contributed by atoms with Crippen molar-refractivity contribution in [1.82, 2.24) is 4.90 Å². The molecule has 0 atom stereocenters. The number of amides is 1. The summed E-state index contributed by atoms with van der Waals surface area (Å²) in [5.74, 6) is 2.55. The Morgan fingerprint density at radius 2 is 2.24 bits per heavy atom. The molecular weight excluding hydrogens is 214 g/mol. The van der Waals surface area contributed by atoms with E-state index in [1.165, 1.54) is 4.90 Å². The molecule has 2 rings (SSSR count). The molecule has 2 aromatic rings. The van der Waals surface area contributed by atoms with E-state index in [9.17, 15) is 4.79 Å². The molecule has 0 unspecified atom stereocenters. The van der Waals surface area contributed by atoms with Crippen LogP contribution in [-0.4, -0.2) is 24.4 Å². The van der Waals surface area contributed by atoms with Crippen LogP contribution in [0.4, 0.5) is 0 Å². The van der Waals surface area contributed by atoms with Crippen LogP contribution in [0.5, 0.6) is 0 Å². The van der Waals surface area contributed by atoms with E-state index in [2.05, 4.69) is 5.92 Å². The number of terminal acetylenes is 1. The molecule has 1 aromatic carbocycles. The number of nitrogens with zero attached hydrogens (tertiary/aromatic N) is 1. The van der Waals surface area contributed by atoms with Crippen LogP contribution in [0.15, 0.2) is 28.7 Å². The maximum absolute atomic E-state index is 11.9. The normalized spacial score (nSPS) is 10.2. The highest BCUT2D eigenvalue weighted by Crippen LogP contribution is 2.21. The molecule has 0 spiro atoms. The topological polar surface area (TPSA) is 33.5 Å². The highest BCUT2D eigenvalue weighted by molar-refractivity contribution is 5.96. The Balaban J connectivity index is 2.37. The standard InChI is InChI=1S/C14H13NO2/c1-4-7-15(3)14(16)13-9-11-8-10(2)5-6-12(11)17-13/h1,5-6,8-9H,7H2,2-3H3. The maximum atomic E-state index is 11.9. The fourth-order valence-electron chi connectivity index (χ4n) is 1.67. The second kappa shape index (κ2) is 4.34. The van der Waals surface area contributed by atoms with Gasteiger partial charge in [0.2, 0.25) is 0 Å². The Morgan fingerprint density at radius 1 is 1.47 bits per heavy atom. The van der Waals surface area contributed by atoms with Crippen LogP contribution in [0, 0.1) is 19.3 Å². The largest absolute Gasteiger partial charge is 0.451 e. The van der Waals surface area contributed by atoms with Crippen LogP contribution < -0.4 is 0 Å². The van der Waals surface area contributed by atoms with Crippen LogP contribution in [0.25, 0.3) is 11.0 Å². The molecule has 0 bridgehead atoms. The number of fused-ring (bicyclic) bond motifs is 1. The van der Waals surface area contributed by atoms with Crippen LogP contribution in [-0.2, 0) is 0 Å². The van der Waals surface area contributed by atoms with Crippen molar-refractivity contribution in [1.29, 1.82) is 0 Å². The van der Waals surface area contributed by atoms with Gasteiger partial charge in [0.05, 0.1) is 6.54 Å². The van der Waals surface area contributed by atoms with Crippen molar-refractivity contribution in [3.05, 3.63) is 35.6 Å². The van der Waals surface area contributed by atoms with Crippen LogP contribution >= 0.6 is 0 Å². The first-order valence-electron chi connectivity index (χ1n) is 5.31. The molecule has 0 N–H and O–H groups in total. The van der Waals surface area contributed by atoms with Gasteiger partial charge >= 0.3 is 0 Å². The molecule has 3 nitrogen and oxygen atoms in total. The van der Waals surface area contributed by atoms with Crippen LogP contribution in [0.1, 0.15) is 16.1 Å². The van der Waals surface area contributed by atoms with Gasteiger partial charge in [-0.15, -0.1) is 6.42 Å². The molecule has 0 fully saturated rings. The van der Waals surface area contributed by atoms with Gasteiger partial charge in [0.15, 0.2) is 5.76 Å². The molecule has 0 saturated carbocycles. The maximum Gasteiger partial charge on any atom is 0.290 e. The lowest BCUT2D eigenvalue weighted by Crippen LogP contribution is -2.26. The molecule has 1 heterocycles. The molecule has 0 aliphatic heterocycles. The fourth-order valence-corrected chi connectivity index (χ4v) is 1.67. The van der Waals surface area contributed by atoms with Crippen molar-refractivity contribution in [3.63, 3.8) is 0 Å². The Bertz CT molecular complexity index is 604. The van der Waals surface area contributed by atoms with Crippen molar-refractivity contribution in [2.75, 3.05) is 13.6 Å². The fraction of sp³-hybridized carbons (Fsp3) is 0.214. The third-order valence-corrected chi connectivity index (χ3v) is 2.56. The number of carbonyl (C=O) groups excluding carboxylic acids is 1. The third kappa shape index (κ3) is 2.16. The number of hydrogen-bond acceptors (Lipinski definition) is 2. The van der Waals surface area contributed by atoms with Gasteiger partial charge in [0.1, 0.15) is 5.58 Å². The third-order valence-electron chi connectivity index (χ3n) is 2.56. The van der Waals surface area contributed by atoms with Crippen molar-refractivity contribution >= 4 is 16.9 Å². The zero-order valence-electron chi connectivity index (χ0n) is 9.86. The number of hydrogen-bond donors (Lipinski definition) is 0. The van der Waals surface area contributed by atoms with Crippen molar-refractivity contribution in [2.45, 2.75) is 6.92 Å². The van der Waals surface area contributed by atoms with Crippen LogP contribution in [0.2, 0.25) is 0 Å². The second-order valence-electron chi connectivity index (χ2n) is 4.02. The van der Waals surface area contributed by atoms with Gasteiger partial charge in [-0.1, -0.05) is 17.6 Å². The minimum absolute atomic E-state index is 0.197. The Kier molecular flexibility index (Phi) is 2.88. The summed E-state index contributed by atoms with van der Waals surface area (Å²) < 4.78 is 5.49. The van der Waals surface area contributed by atoms with E-state index in [4.69, 9.17) is 10.8 Å². The minimum atomic E-state index is -0.197. The van der Waals surface area contributed by atoms with E-state index in [1.807, 2.05) is 25.1 Å². The molecule has 0 aliphatic rings. The summed E-state index contributed by atoms with van der Waals surface area (Å²) in [6, 6.07) is 7.54. The van der Waals surface area contributed by atoms with Crippen molar-refractivity contribution in [2.24, 2.45) is 0 Å². The number of rotatable bonds is 2. The van der Waals surface area contributed by atoms with Gasteiger partial charge in [0.25, 0.3) is 5.91 Å². The highest BCUT2D eigenvalue weighted by atomic mass is 16.3. The molecule has 3 heteroatoms. The summed E-state index contributed by atoms with van der Waals surface area (Å²) in [5.41, 5.74) is 1.85. The van der Waals surface area contributed by atoms with Gasteiger partial charge in [0, 0.05) is 12.4 Å². The Labute approximate surface area is 100 Å². The summed E-state index contributed by atoms with van der Waals surface area (Å²) in [4.78, 5) is 13.4. The molecule has 1 amide bonds. The number of aryl methyl sites for hydroxylation is 1. The average molecular weight is 227 g/mol. The summed E-state index contributed by atoms with van der Waals surface area (Å²) in [6.07, 6.45) is 5.17. The van der Waals surface area contributed by atoms with Gasteiger partial charge in [-0.2, -0.15) is 0 Å². The molecule has 0 aliphatic carbocycles.